The summed E-state index contributed by atoms with van der Waals surface area (Å²) in [7, 11) is 1.45. The van der Waals surface area contributed by atoms with E-state index in [0.717, 1.165) is 5.56 Å². The van der Waals surface area contributed by atoms with E-state index < -0.39 is 19.6 Å². The molecule has 0 aliphatic heterocycles. The van der Waals surface area contributed by atoms with Crippen LogP contribution < -0.4 is 15.2 Å². The largest absolute Gasteiger partial charge is 0.493 e. The van der Waals surface area contributed by atoms with Gasteiger partial charge >= 0.3 is 6.18 Å². The molecule has 0 bridgehead atoms. The van der Waals surface area contributed by atoms with Gasteiger partial charge in [0.2, 0.25) is 0 Å². The molecule has 1 aromatic rings. The Kier molecular flexibility index (Phi) is 5.91. The summed E-state index contributed by atoms with van der Waals surface area (Å²) in [5, 5.41) is 0. The molecule has 0 atom stereocenters. The number of ether oxygens (including phenoxy) is 3. The number of halogens is 3. The Morgan fingerprint density at radius 3 is 2.58 bits per heavy atom. The maximum atomic E-state index is 11.9. The molecule has 1 aromatic carbocycles. The lowest BCUT2D eigenvalue weighted by atomic mass is 10.1. The fraction of sp³-hybridized carbons (Fsp3) is 0.500. The first-order valence-corrected chi connectivity index (χ1v) is 5.61. The Morgan fingerprint density at radius 1 is 1.26 bits per heavy atom. The average Bonchev–Trinajstić information content (AvgIpc) is 2.35. The normalized spacial score (nSPS) is 11.4. The standard InChI is InChI=1S/C12H16F3NO3/c1-17-10-4-2-3-9(5-6-16)11(10)19-8-18-7-12(13,14)15/h2-4H,5-8,16H2,1H3. The van der Waals surface area contributed by atoms with Crippen molar-refractivity contribution in [2.45, 2.75) is 12.6 Å². The molecule has 0 heterocycles. The second-order valence-electron chi connectivity index (χ2n) is 3.71. The summed E-state index contributed by atoms with van der Waals surface area (Å²) in [6.45, 7) is -1.46. The predicted octanol–water partition coefficient (Wildman–Crippen LogP) is 2.11. The van der Waals surface area contributed by atoms with Crippen LogP contribution in [0.2, 0.25) is 0 Å². The molecule has 0 aliphatic rings. The van der Waals surface area contributed by atoms with Crippen LogP contribution in [0.3, 0.4) is 0 Å². The predicted molar refractivity (Wildman–Crippen MR) is 63.3 cm³/mol. The number of methoxy groups -OCH3 is 1. The zero-order chi connectivity index (χ0) is 14.3. The molecule has 0 aromatic heterocycles. The molecule has 0 fully saturated rings. The van der Waals surface area contributed by atoms with Crippen molar-refractivity contribution in [3.8, 4) is 11.5 Å². The average molecular weight is 279 g/mol. The summed E-state index contributed by atoms with van der Waals surface area (Å²) in [6, 6.07) is 5.18. The third-order valence-corrected chi connectivity index (χ3v) is 2.25. The SMILES string of the molecule is COc1cccc(CCN)c1OCOCC(F)(F)F. The highest BCUT2D eigenvalue weighted by Crippen LogP contribution is 2.31. The van der Waals surface area contributed by atoms with Gasteiger partial charge in [-0.05, 0) is 24.6 Å². The van der Waals surface area contributed by atoms with Gasteiger partial charge in [0.15, 0.2) is 18.3 Å². The first-order chi connectivity index (χ1) is 8.98. The fourth-order valence-electron chi connectivity index (χ4n) is 1.50. The molecule has 0 radical (unpaired) electrons. The summed E-state index contributed by atoms with van der Waals surface area (Å²) >= 11 is 0. The van der Waals surface area contributed by atoms with Crippen LogP contribution in [0.5, 0.6) is 11.5 Å². The summed E-state index contributed by atoms with van der Waals surface area (Å²) in [5.41, 5.74) is 6.22. The van der Waals surface area contributed by atoms with Crippen molar-refractivity contribution in [1.29, 1.82) is 0 Å². The van der Waals surface area contributed by atoms with E-state index in [1.54, 1.807) is 18.2 Å². The van der Waals surface area contributed by atoms with Crippen molar-refractivity contribution in [3.05, 3.63) is 23.8 Å². The van der Waals surface area contributed by atoms with Crippen LogP contribution in [0.4, 0.5) is 13.2 Å². The third kappa shape index (κ3) is 5.35. The van der Waals surface area contributed by atoms with Crippen molar-refractivity contribution in [3.63, 3.8) is 0 Å². The van der Waals surface area contributed by atoms with Crippen molar-refractivity contribution in [1.82, 2.24) is 0 Å². The van der Waals surface area contributed by atoms with E-state index in [2.05, 4.69) is 4.74 Å². The minimum absolute atomic E-state index is 0.359. The molecule has 2 N–H and O–H groups in total. The van der Waals surface area contributed by atoms with E-state index in [9.17, 15) is 13.2 Å². The van der Waals surface area contributed by atoms with Gasteiger partial charge in [0.25, 0.3) is 0 Å². The monoisotopic (exact) mass is 279 g/mol. The molecule has 108 valence electrons. The van der Waals surface area contributed by atoms with Gasteiger partial charge in [-0.1, -0.05) is 12.1 Å². The third-order valence-electron chi connectivity index (χ3n) is 2.25. The van der Waals surface area contributed by atoms with E-state index in [1.165, 1.54) is 7.11 Å². The van der Waals surface area contributed by atoms with Gasteiger partial charge in [-0.25, -0.2) is 0 Å². The molecule has 1 rings (SSSR count). The van der Waals surface area contributed by atoms with Gasteiger partial charge in [-0.3, -0.25) is 0 Å². The van der Waals surface area contributed by atoms with Crippen LogP contribution >= 0.6 is 0 Å². The van der Waals surface area contributed by atoms with Gasteiger partial charge < -0.3 is 19.9 Å². The van der Waals surface area contributed by atoms with Crippen molar-refractivity contribution in [2.75, 3.05) is 27.1 Å². The molecule has 19 heavy (non-hydrogen) atoms. The highest BCUT2D eigenvalue weighted by atomic mass is 19.4. The maximum absolute atomic E-state index is 11.9. The molecule has 0 aliphatic carbocycles. The van der Waals surface area contributed by atoms with E-state index >= 15 is 0 Å². The number of benzene rings is 1. The Morgan fingerprint density at radius 2 is 2.00 bits per heavy atom. The molecule has 7 heteroatoms. The molecule has 0 amide bonds. The summed E-state index contributed by atoms with van der Waals surface area (Å²) in [4.78, 5) is 0. The van der Waals surface area contributed by atoms with Crippen LogP contribution in [0, 0.1) is 0 Å². The van der Waals surface area contributed by atoms with Gasteiger partial charge in [0, 0.05) is 0 Å². The van der Waals surface area contributed by atoms with Crippen molar-refractivity contribution in [2.24, 2.45) is 5.73 Å². The van der Waals surface area contributed by atoms with Gasteiger partial charge in [-0.2, -0.15) is 13.2 Å². The highest BCUT2D eigenvalue weighted by Gasteiger charge is 2.27. The van der Waals surface area contributed by atoms with Crippen LogP contribution in [0.1, 0.15) is 5.56 Å². The molecule has 4 nitrogen and oxygen atoms in total. The van der Waals surface area contributed by atoms with E-state index in [4.69, 9.17) is 15.2 Å². The quantitative estimate of drug-likeness (QED) is 0.613. The van der Waals surface area contributed by atoms with E-state index in [0.29, 0.717) is 24.5 Å². The van der Waals surface area contributed by atoms with Gasteiger partial charge in [-0.15, -0.1) is 0 Å². The number of rotatable bonds is 7. The Bertz CT molecular complexity index is 396. The number of para-hydroxylation sites is 1. The number of nitrogens with two attached hydrogens (primary N) is 1. The summed E-state index contributed by atoms with van der Waals surface area (Å²) in [6.07, 6.45) is -3.84. The first-order valence-electron chi connectivity index (χ1n) is 5.61. The molecular weight excluding hydrogens is 263 g/mol. The lowest BCUT2D eigenvalue weighted by Gasteiger charge is -2.15. The Labute approximate surface area is 109 Å². The zero-order valence-electron chi connectivity index (χ0n) is 10.5. The second-order valence-corrected chi connectivity index (χ2v) is 3.71. The Balaban J connectivity index is 2.64. The zero-order valence-corrected chi connectivity index (χ0v) is 10.5. The van der Waals surface area contributed by atoms with Gasteiger partial charge in [0.05, 0.1) is 7.11 Å². The molecular formula is C12H16F3NO3. The summed E-state index contributed by atoms with van der Waals surface area (Å²) in [5.74, 6) is 0.791. The fourth-order valence-corrected chi connectivity index (χ4v) is 1.50. The smallest absolute Gasteiger partial charge is 0.411 e. The van der Waals surface area contributed by atoms with E-state index in [1.807, 2.05) is 0 Å². The topological polar surface area (TPSA) is 53.7 Å². The van der Waals surface area contributed by atoms with Gasteiger partial charge in [0.1, 0.15) is 6.61 Å². The maximum Gasteiger partial charge on any atom is 0.411 e. The lowest BCUT2D eigenvalue weighted by molar-refractivity contribution is -0.186. The lowest BCUT2D eigenvalue weighted by Crippen LogP contribution is -2.19. The molecule has 0 spiro atoms. The molecule has 0 saturated carbocycles. The van der Waals surface area contributed by atoms with E-state index in [-0.39, 0.29) is 0 Å². The van der Waals surface area contributed by atoms with Crippen LogP contribution in [0.15, 0.2) is 18.2 Å². The highest BCUT2D eigenvalue weighted by molar-refractivity contribution is 5.46. The minimum atomic E-state index is -4.37. The Hall–Kier alpha value is -1.47. The van der Waals surface area contributed by atoms with Crippen LogP contribution in [0.25, 0.3) is 0 Å². The van der Waals surface area contributed by atoms with Crippen LogP contribution in [-0.4, -0.2) is 33.2 Å². The van der Waals surface area contributed by atoms with Crippen LogP contribution in [-0.2, 0) is 11.2 Å². The first kappa shape index (κ1) is 15.6. The van der Waals surface area contributed by atoms with Crippen molar-refractivity contribution >= 4 is 0 Å². The summed E-state index contributed by atoms with van der Waals surface area (Å²) < 4.78 is 50.4. The number of hydrogen-bond acceptors (Lipinski definition) is 4. The molecule has 0 saturated heterocycles. The molecule has 0 unspecified atom stereocenters. The second kappa shape index (κ2) is 7.20. The minimum Gasteiger partial charge on any atom is -0.493 e. The number of alkyl halides is 3. The van der Waals surface area contributed by atoms with Crippen molar-refractivity contribution < 1.29 is 27.4 Å². The number of hydrogen-bond donors (Lipinski definition) is 1.